The van der Waals surface area contributed by atoms with Crippen molar-refractivity contribution in [3.63, 3.8) is 0 Å². The lowest BCUT2D eigenvalue weighted by atomic mass is 9.77. The Bertz CT molecular complexity index is 325. The second-order valence-corrected chi connectivity index (χ2v) is 4.10. The summed E-state index contributed by atoms with van der Waals surface area (Å²) in [5.41, 5.74) is 0.441. The fourth-order valence-electron chi connectivity index (χ4n) is 1.82. The largest absolute Gasteiger partial charge is 0.394 e. The van der Waals surface area contributed by atoms with Gasteiger partial charge in [-0.3, -0.25) is 9.89 Å². The Balaban J connectivity index is 1.87. The molecule has 0 spiro atoms. The van der Waals surface area contributed by atoms with Crippen molar-refractivity contribution in [1.29, 1.82) is 0 Å². The van der Waals surface area contributed by atoms with E-state index in [0.717, 1.165) is 25.0 Å². The quantitative estimate of drug-likeness (QED) is 0.652. The van der Waals surface area contributed by atoms with E-state index in [4.69, 9.17) is 0 Å². The molecule has 3 N–H and O–H groups in total. The van der Waals surface area contributed by atoms with E-state index >= 15 is 0 Å². The maximum Gasteiger partial charge on any atom is 0.226 e. The van der Waals surface area contributed by atoms with Gasteiger partial charge in [-0.2, -0.15) is 5.10 Å². The Morgan fingerprint density at radius 1 is 1.67 bits per heavy atom. The minimum atomic E-state index is -0.350. The van der Waals surface area contributed by atoms with Crippen LogP contribution in [-0.4, -0.2) is 33.4 Å². The van der Waals surface area contributed by atoms with Crippen molar-refractivity contribution in [2.45, 2.75) is 31.2 Å². The number of aliphatic hydroxyl groups is 1. The maximum absolute atomic E-state index is 11.6. The molecule has 1 aromatic rings. The first-order valence-electron chi connectivity index (χ1n) is 5.14. The van der Waals surface area contributed by atoms with Crippen LogP contribution >= 0.6 is 0 Å². The number of nitrogens with zero attached hydrogens (tertiary/aromatic N) is 1. The summed E-state index contributed by atoms with van der Waals surface area (Å²) < 4.78 is 0. The van der Waals surface area contributed by atoms with Crippen molar-refractivity contribution in [1.82, 2.24) is 15.5 Å². The highest BCUT2D eigenvalue weighted by atomic mass is 16.3. The molecule has 0 aliphatic heterocycles. The van der Waals surface area contributed by atoms with Gasteiger partial charge in [-0.1, -0.05) is 0 Å². The Hall–Kier alpha value is -1.36. The van der Waals surface area contributed by atoms with E-state index in [2.05, 4.69) is 15.5 Å². The SMILES string of the molecule is O=C(Cc1ccn[nH]1)NC1(CO)CCC1. The summed E-state index contributed by atoms with van der Waals surface area (Å²) in [5.74, 6) is -0.0620. The number of aromatic nitrogens is 2. The van der Waals surface area contributed by atoms with E-state index in [-0.39, 0.29) is 18.1 Å². The lowest BCUT2D eigenvalue weighted by Gasteiger charge is -2.40. The van der Waals surface area contributed by atoms with Crippen LogP contribution in [0.2, 0.25) is 0 Å². The molecule has 1 saturated carbocycles. The second-order valence-electron chi connectivity index (χ2n) is 4.10. The lowest BCUT2D eigenvalue weighted by Crippen LogP contribution is -2.56. The summed E-state index contributed by atoms with van der Waals surface area (Å²) in [5, 5.41) is 18.6. The minimum Gasteiger partial charge on any atom is -0.394 e. The number of carbonyl (C=O) groups is 1. The zero-order valence-electron chi connectivity index (χ0n) is 8.49. The van der Waals surface area contributed by atoms with Crippen molar-refractivity contribution in [3.8, 4) is 0 Å². The predicted octanol–water partition coefficient (Wildman–Crippen LogP) is -0.0166. The van der Waals surface area contributed by atoms with E-state index in [1.165, 1.54) is 0 Å². The van der Waals surface area contributed by atoms with E-state index in [1.807, 2.05) is 0 Å². The molecule has 0 bridgehead atoms. The number of rotatable bonds is 4. The number of aromatic amines is 1. The van der Waals surface area contributed by atoms with Gasteiger partial charge in [0, 0.05) is 11.9 Å². The molecule has 1 heterocycles. The van der Waals surface area contributed by atoms with Crippen molar-refractivity contribution in [2.24, 2.45) is 0 Å². The normalized spacial score (nSPS) is 18.2. The summed E-state index contributed by atoms with van der Waals surface area (Å²) in [4.78, 5) is 11.6. The van der Waals surface area contributed by atoms with E-state index in [0.29, 0.717) is 6.42 Å². The first kappa shape index (κ1) is 10.2. The molecule has 0 unspecified atom stereocenters. The molecule has 2 rings (SSSR count). The molecule has 15 heavy (non-hydrogen) atoms. The minimum absolute atomic E-state index is 0.0295. The number of hydrogen-bond donors (Lipinski definition) is 3. The summed E-state index contributed by atoms with van der Waals surface area (Å²) in [6.07, 6.45) is 4.73. The van der Waals surface area contributed by atoms with Gasteiger partial charge < -0.3 is 10.4 Å². The van der Waals surface area contributed by atoms with E-state index in [9.17, 15) is 9.90 Å². The third kappa shape index (κ3) is 2.18. The number of nitrogens with one attached hydrogen (secondary N) is 2. The first-order chi connectivity index (χ1) is 7.24. The van der Waals surface area contributed by atoms with Crippen LogP contribution in [0, 0.1) is 0 Å². The van der Waals surface area contributed by atoms with Crippen LogP contribution < -0.4 is 5.32 Å². The fraction of sp³-hybridized carbons (Fsp3) is 0.600. The average molecular weight is 209 g/mol. The Morgan fingerprint density at radius 3 is 2.93 bits per heavy atom. The summed E-state index contributed by atoms with van der Waals surface area (Å²) >= 11 is 0. The van der Waals surface area contributed by atoms with E-state index < -0.39 is 0 Å². The first-order valence-corrected chi connectivity index (χ1v) is 5.14. The second kappa shape index (κ2) is 4.02. The van der Waals surface area contributed by atoms with Gasteiger partial charge in [0.2, 0.25) is 5.91 Å². The zero-order valence-corrected chi connectivity index (χ0v) is 8.49. The molecule has 5 nitrogen and oxygen atoms in total. The van der Waals surface area contributed by atoms with Crippen molar-refractivity contribution < 1.29 is 9.90 Å². The van der Waals surface area contributed by atoms with Gasteiger partial charge in [0.05, 0.1) is 18.6 Å². The van der Waals surface area contributed by atoms with Crippen LogP contribution in [-0.2, 0) is 11.2 Å². The maximum atomic E-state index is 11.6. The van der Waals surface area contributed by atoms with Gasteiger partial charge in [0.15, 0.2) is 0 Å². The highest BCUT2D eigenvalue weighted by molar-refractivity contribution is 5.79. The smallest absolute Gasteiger partial charge is 0.226 e. The van der Waals surface area contributed by atoms with Crippen LogP contribution in [0.15, 0.2) is 12.3 Å². The molecular formula is C10H15N3O2. The third-order valence-electron chi connectivity index (χ3n) is 2.93. The van der Waals surface area contributed by atoms with E-state index in [1.54, 1.807) is 12.3 Å². The Morgan fingerprint density at radius 2 is 2.47 bits per heavy atom. The van der Waals surface area contributed by atoms with Crippen molar-refractivity contribution in [3.05, 3.63) is 18.0 Å². The van der Waals surface area contributed by atoms with Crippen LogP contribution in [0.25, 0.3) is 0 Å². The Kier molecular flexibility index (Phi) is 2.73. The fourth-order valence-corrected chi connectivity index (χ4v) is 1.82. The number of aliphatic hydroxyl groups excluding tert-OH is 1. The monoisotopic (exact) mass is 209 g/mol. The van der Waals surface area contributed by atoms with Gasteiger partial charge in [0.1, 0.15) is 0 Å². The number of H-pyrrole nitrogens is 1. The summed E-state index contributed by atoms with van der Waals surface area (Å²) in [6, 6.07) is 1.77. The standard InChI is InChI=1S/C10H15N3O2/c14-7-10(3-1-4-10)12-9(15)6-8-2-5-11-13-8/h2,5,14H,1,3-4,6-7H2,(H,11,13)(H,12,15). The van der Waals surface area contributed by atoms with Crippen molar-refractivity contribution >= 4 is 5.91 Å². The Labute approximate surface area is 87.9 Å². The predicted molar refractivity (Wildman–Crippen MR) is 54.1 cm³/mol. The molecule has 0 atom stereocenters. The van der Waals surface area contributed by atoms with Crippen LogP contribution in [0.3, 0.4) is 0 Å². The molecule has 1 fully saturated rings. The molecule has 1 aliphatic rings. The van der Waals surface area contributed by atoms with Gasteiger partial charge in [-0.05, 0) is 25.3 Å². The molecular weight excluding hydrogens is 194 g/mol. The molecule has 1 aromatic heterocycles. The lowest BCUT2D eigenvalue weighted by molar-refractivity contribution is -0.124. The number of amides is 1. The molecule has 1 amide bonds. The van der Waals surface area contributed by atoms with Crippen LogP contribution in [0.4, 0.5) is 0 Å². The molecule has 5 heteroatoms. The van der Waals surface area contributed by atoms with Crippen LogP contribution in [0.1, 0.15) is 25.0 Å². The summed E-state index contributed by atoms with van der Waals surface area (Å²) in [7, 11) is 0. The van der Waals surface area contributed by atoms with Gasteiger partial charge in [-0.15, -0.1) is 0 Å². The van der Waals surface area contributed by atoms with Gasteiger partial charge in [-0.25, -0.2) is 0 Å². The molecule has 0 radical (unpaired) electrons. The number of hydrogen-bond acceptors (Lipinski definition) is 3. The van der Waals surface area contributed by atoms with Crippen LogP contribution in [0.5, 0.6) is 0 Å². The summed E-state index contributed by atoms with van der Waals surface area (Å²) in [6.45, 7) is 0.0295. The third-order valence-corrected chi connectivity index (χ3v) is 2.93. The molecule has 1 aliphatic carbocycles. The van der Waals surface area contributed by atoms with Gasteiger partial charge >= 0.3 is 0 Å². The molecule has 82 valence electrons. The highest BCUT2D eigenvalue weighted by Crippen LogP contribution is 2.31. The highest BCUT2D eigenvalue weighted by Gasteiger charge is 2.37. The van der Waals surface area contributed by atoms with Gasteiger partial charge in [0.25, 0.3) is 0 Å². The number of carbonyl (C=O) groups excluding carboxylic acids is 1. The zero-order chi connectivity index (χ0) is 10.7. The molecule has 0 saturated heterocycles. The van der Waals surface area contributed by atoms with Crippen molar-refractivity contribution in [2.75, 3.05) is 6.61 Å². The topological polar surface area (TPSA) is 78.0 Å². The molecule has 0 aromatic carbocycles. The average Bonchev–Trinajstić information content (AvgIpc) is 2.64.